The van der Waals surface area contributed by atoms with Crippen molar-refractivity contribution in [2.75, 3.05) is 4.90 Å². The van der Waals surface area contributed by atoms with E-state index in [0.717, 1.165) is 31.3 Å². The van der Waals surface area contributed by atoms with Crippen molar-refractivity contribution >= 4 is 64.9 Å². The van der Waals surface area contributed by atoms with Gasteiger partial charge in [0.1, 0.15) is 0 Å². The normalized spacial score (nSPS) is 10.6. The Bertz CT molecular complexity index is 720. The third-order valence-electron chi connectivity index (χ3n) is 3.52. The molecule has 0 aliphatic rings. The molecule has 0 unspecified atom stereocenters. The van der Waals surface area contributed by atoms with Crippen LogP contribution < -0.4 is 4.90 Å². The number of anilines is 3. The highest BCUT2D eigenvalue weighted by molar-refractivity contribution is 9.10. The van der Waals surface area contributed by atoms with Gasteiger partial charge in [0.15, 0.2) is 0 Å². The van der Waals surface area contributed by atoms with Crippen molar-refractivity contribution in [2.24, 2.45) is 0 Å². The smallest absolute Gasteiger partial charge is 0.0462 e. The Hall–Kier alpha value is -1.10. The predicted molar refractivity (Wildman–Crippen MR) is 109 cm³/mol. The molecule has 0 amide bonds. The molecule has 0 aliphatic carbocycles. The highest BCUT2D eigenvalue weighted by atomic mass is 79.9. The molecule has 0 fully saturated rings. The first-order valence-electron chi connectivity index (χ1n) is 7.13. The molecule has 0 saturated heterocycles. The first-order valence-corrected chi connectivity index (χ1v) is 9.84. The van der Waals surface area contributed by atoms with Crippen LogP contribution in [-0.4, -0.2) is 0 Å². The molecule has 0 atom stereocenters. The van der Waals surface area contributed by atoms with Crippen molar-refractivity contribution in [1.82, 2.24) is 0 Å². The molecule has 0 bridgehead atoms. The van der Waals surface area contributed by atoms with E-state index in [1.54, 1.807) is 0 Å². The van der Waals surface area contributed by atoms with Gasteiger partial charge in [0.05, 0.1) is 0 Å². The molecule has 23 heavy (non-hydrogen) atoms. The largest absolute Gasteiger partial charge is 0.311 e. The van der Waals surface area contributed by atoms with E-state index in [0.29, 0.717) is 0 Å². The second-order valence-electron chi connectivity index (χ2n) is 5.09. The van der Waals surface area contributed by atoms with Crippen molar-refractivity contribution in [3.05, 3.63) is 87.3 Å². The van der Waals surface area contributed by atoms with Crippen LogP contribution in [0.5, 0.6) is 0 Å². The summed E-state index contributed by atoms with van der Waals surface area (Å²) in [5, 5.41) is 0.865. The molecule has 0 N–H and O–H groups in total. The molecule has 4 heteroatoms. The standard InChI is InChI=1S/C19H14Br3N/c20-13-14-1-7-17(8-2-14)23(18-9-3-15(21)4-10-18)19-11-5-16(22)6-12-19/h1-12H,13H2. The molecule has 0 spiro atoms. The van der Waals surface area contributed by atoms with Crippen molar-refractivity contribution in [3.63, 3.8) is 0 Å². The van der Waals surface area contributed by atoms with Gasteiger partial charge in [0.25, 0.3) is 0 Å². The maximum atomic E-state index is 3.51. The van der Waals surface area contributed by atoms with Gasteiger partial charge in [-0.05, 0) is 66.2 Å². The second-order valence-corrected chi connectivity index (χ2v) is 7.48. The van der Waals surface area contributed by atoms with Gasteiger partial charge < -0.3 is 4.90 Å². The van der Waals surface area contributed by atoms with E-state index in [1.807, 2.05) is 0 Å². The number of nitrogens with zero attached hydrogens (tertiary/aromatic N) is 1. The Kier molecular flexibility index (Phi) is 5.57. The summed E-state index contributed by atoms with van der Waals surface area (Å²) in [5.41, 5.74) is 4.66. The number of benzene rings is 3. The molecule has 3 aromatic carbocycles. The van der Waals surface area contributed by atoms with E-state index < -0.39 is 0 Å². The first kappa shape index (κ1) is 16.7. The minimum Gasteiger partial charge on any atom is -0.311 e. The van der Waals surface area contributed by atoms with Crippen LogP contribution in [-0.2, 0) is 5.33 Å². The zero-order valence-corrected chi connectivity index (χ0v) is 17.0. The van der Waals surface area contributed by atoms with Crippen molar-refractivity contribution < 1.29 is 0 Å². The SMILES string of the molecule is BrCc1ccc(N(c2ccc(Br)cc2)c2ccc(Br)cc2)cc1. The van der Waals surface area contributed by atoms with Crippen molar-refractivity contribution in [2.45, 2.75) is 5.33 Å². The van der Waals surface area contributed by atoms with E-state index in [1.165, 1.54) is 5.56 Å². The molecular formula is C19H14Br3N. The summed E-state index contributed by atoms with van der Waals surface area (Å²) in [6.07, 6.45) is 0. The van der Waals surface area contributed by atoms with Gasteiger partial charge in [-0.15, -0.1) is 0 Å². The summed E-state index contributed by atoms with van der Waals surface area (Å²) >= 11 is 10.5. The predicted octanol–water partition coefficient (Wildman–Crippen LogP) is 7.58. The lowest BCUT2D eigenvalue weighted by Gasteiger charge is -2.25. The molecule has 0 radical (unpaired) electrons. The summed E-state index contributed by atoms with van der Waals surface area (Å²) in [6.45, 7) is 0. The van der Waals surface area contributed by atoms with Crippen LogP contribution in [0, 0.1) is 0 Å². The number of hydrogen-bond donors (Lipinski definition) is 0. The first-order chi connectivity index (χ1) is 11.2. The fourth-order valence-corrected chi connectivity index (χ4v) is 3.26. The highest BCUT2D eigenvalue weighted by Crippen LogP contribution is 2.35. The van der Waals surface area contributed by atoms with Gasteiger partial charge in [-0.25, -0.2) is 0 Å². The molecule has 3 rings (SSSR count). The summed E-state index contributed by atoms with van der Waals surface area (Å²) < 4.78 is 2.15. The lowest BCUT2D eigenvalue weighted by molar-refractivity contribution is 1.27. The van der Waals surface area contributed by atoms with Gasteiger partial charge in [-0.3, -0.25) is 0 Å². The Balaban J connectivity index is 2.08. The maximum Gasteiger partial charge on any atom is 0.0462 e. The highest BCUT2D eigenvalue weighted by Gasteiger charge is 2.12. The van der Waals surface area contributed by atoms with E-state index >= 15 is 0 Å². The zero-order chi connectivity index (χ0) is 16.2. The van der Waals surface area contributed by atoms with Gasteiger partial charge >= 0.3 is 0 Å². The number of halogens is 3. The van der Waals surface area contributed by atoms with Crippen LogP contribution in [0.4, 0.5) is 17.1 Å². The van der Waals surface area contributed by atoms with Gasteiger partial charge in [0.2, 0.25) is 0 Å². The number of hydrogen-bond acceptors (Lipinski definition) is 1. The fraction of sp³-hybridized carbons (Fsp3) is 0.0526. The Labute approximate surface area is 161 Å². The summed E-state index contributed by atoms with van der Waals surface area (Å²) in [6, 6.07) is 25.3. The third kappa shape index (κ3) is 4.06. The maximum absolute atomic E-state index is 3.51. The topological polar surface area (TPSA) is 3.24 Å². The van der Waals surface area contributed by atoms with Crippen LogP contribution in [0.2, 0.25) is 0 Å². The zero-order valence-electron chi connectivity index (χ0n) is 12.2. The molecule has 3 aromatic rings. The molecule has 116 valence electrons. The third-order valence-corrected chi connectivity index (χ3v) is 5.22. The van der Waals surface area contributed by atoms with Crippen LogP contribution in [0.1, 0.15) is 5.56 Å². The van der Waals surface area contributed by atoms with Crippen LogP contribution in [0.15, 0.2) is 81.7 Å². The minimum absolute atomic E-state index is 0.865. The minimum atomic E-state index is 0.865. The lowest BCUT2D eigenvalue weighted by atomic mass is 10.1. The van der Waals surface area contributed by atoms with Gasteiger partial charge in [-0.1, -0.05) is 59.9 Å². The summed E-state index contributed by atoms with van der Waals surface area (Å²) in [5.74, 6) is 0. The lowest BCUT2D eigenvalue weighted by Crippen LogP contribution is -2.09. The molecular weight excluding hydrogens is 482 g/mol. The summed E-state index contributed by atoms with van der Waals surface area (Å²) in [4.78, 5) is 2.25. The number of alkyl halides is 1. The fourth-order valence-electron chi connectivity index (χ4n) is 2.36. The molecule has 1 nitrogen and oxygen atoms in total. The van der Waals surface area contributed by atoms with Crippen LogP contribution in [0.25, 0.3) is 0 Å². The van der Waals surface area contributed by atoms with Gasteiger partial charge in [-0.2, -0.15) is 0 Å². The van der Waals surface area contributed by atoms with Crippen LogP contribution >= 0.6 is 47.8 Å². The van der Waals surface area contributed by atoms with Crippen LogP contribution in [0.3, 0.4) is 0 Å². The Morgan fingerprint density at radius 2 is 0.913 bits per heavy atom. The number of rotatable bonds is 4. The molecule has 0 saturated carbocycles. The van der Waals surface area contributed by atoms with E-state index in [4.69, 9.17) is 0 Å². The van der Waals surface area contributed by atoms with E-state index in [9.17, 15) is 0 Å². The van der Waals surface area contributed by atoms with Crippen molar-refractivity contribution in [3.8, 4) is 0 Å². The van der Waals surface area contributed by atoms with E-state index in [-0.39, 0.29) is 0 Å². The van der Waals surface area contributed by atoms with Gasteiger partial charge in [0, 0.05) is 31.3 Å². The quantitative estimate of drug-likeness (QED) is 0.337. The average Bonchev–Trinajstić information content (AvgIpc) is 2.59. The second kappa shape index (κ2) is 7.65. The molecule has 0 aromatic heterocycles. The summed E-state index contributed by atoms with van der Waals surface area (Å²) in [7, 11) is 0. The Morgan fingerprint density at radius 3 is 1.26 bits per heavy atom. The van der Waals surface area contributed by atoms with Crippen molar-refractivity contribution in [1.29, 1.82) is 0 Å². The average molecular weight is 496 g/mol. The molecule has 0 aliphatic heterocycles. The Morgan fingerprint density at radius 1 is 0.565 bits per heavy atom. The molecule has 0 heterocycles. The monoisotopic (exact) mass is 493 g/mol. The van der Waals surface area contributed by atoms with E-state index in [2.05, 4.69) is 125 Å².